The Labute approximate surface area is 246 Å². The van der Waals surface area contributed by atoms with Gasteiger partial charge in [0.05, 0.1) is 5.39 Å². The molecule has 3 heterocycles. The first-order chi connectivity index (χ1) is 21.3. The highest BCUT2D eigenvalue weighted by atomic mass is 16.3. The summed E-state index contributed by atoms with van der Waals surface area (Å²) < 4.78 is 6.28. The molecule has 8 aromatic rings. The first-order valence-electron chi connectivity index (χ1n) is 14.4. The van der Waals surface area contributed by atoms with E-state index in [1.54, 1.807) is 6.20 Å². The number of nitrogens with zero attached hydrogens (tertiary/aromatic N) is 3. The molecule has 1 aliphatic heterocycles. The van der Waals surface area contributed by atoms with Crippen LogP contribution < -0.4 is 5.32 Å². The maximum Gasteiger partial charge on any atom is 0.228 e. The average molecular weight is 553 g/mol. The van der Waals surface area contributed by atoms with Gasteiger partial charge in [0.2, 0.25) is 5.71 Å². The van der Waals surface area contributed by atoms with Crippen LogP contribution in [0.4, 0.5) is 0 Å². The van der Waals surface area contributed by atoms with E-state index in [1.165, 1.54) is 16.2 Å². The van der Waals surface area contributed by atoms with Crippen molar-refractivity contribution in [2.45, 2.75) is 6.17 Å². The van der Waals surface area contributed by atoms with Crippen LogP contribution in [0.2, 0.25) is 0 Å². The van der Waals surface area contributed by atoms with Crippen LogP contribution in [0, 0.1) is 0 Å². The van der Waals surface area contributed by atoms with Gasteiger partial charge in [-0.05, 0) is 68.2 Å². The molecule has 0 bridgehead atoms. The maximum atomic E-state index is 6.28. The fourth-order valence-electron chi connectivity index (χ4n) is 6.17. The SMILES string of the molecule is c1ccc2cc(C3=NC(c4ccnc5oc6cc7ccccc7cc6c45)=NC(c4ccc5ccccc5c4)N3)ccc2c1. The first-order valence-corrected chi connectivity index (χ1v) is 14.4. The second kappa shape index (κ2) is 9.36. The second-order valence-corrected chi connectivity index (χ2v) is 11.0. The van der Waals surface area contributed by atoms with Gasteiger partial charge in [0.15, 0.2) is 5.84 Å². The lowest BCUT2D eigenvalue weighted by atomic mass is 10.0. The number of amidine groups is 2. The zero-order chi connectivity index (χ0) is 28.3. The highest BCUT2D eigenvalue weighted by molar-refractivity contribution is 6.22. The number of hydrogen-bond donors (Lipinski definition) is 1. The van der Waals surface area contributed by atoms with Gasteiger partial charge in [0, 0.05) is 22.7 Å². The molecule has 2 aromatic heterocycles. The number of furan rings is 1. The summed E-state index contributed by atoms with van der Waals surface area (Å²) in [7, 11) is 0. The molecule has 0 spiro atoms. The third kappa shape index (κ3) is 3.97. The Bertz CT molecular complexity index is 2450. The van der Waals surface area contributed by atoms with Gasteiger partial charge in [-0.15, -0.1) is 0 Å². The summed E-state index contributed by atoms with van der Waals surface area (Å²) in [6, 6.07) is 44.3. The van der Waals surface area contributed by atoms with E-state index in [4.69, 9.17) is 14.4 Å². The fraction of sp³-hybridized carbons (Fsp3) is 0.0263. The Morgan fingerprint density at radius 1 is 0.605 bits per heavy atom. The molecule has 0 amide bonds. The van der Waals surface area contributed by atoms with E-state index in [1.807, 2.05) is 12.1 Å². The van der Waals surface area contributed by atoms with Crippen LogP contribution in [0.5, 0.6) is 0 Å². The number of rotatable bonds is 3. The molecule has 202 valence electrons. The summed E-state index contributed by atoms with van der Waals surface area (Å²) in [5.74, 6) is 1.42. The quantitative estimate of drug-likeness (QED) is 0.238. The van der Waals surface area contributed by atoms with Crippen LogP contribution in [0.25, 0.3) is 54.4 Å². The smallest absolute Gasteiger partial charge is 0.228 e. The van der Waals surface area contributed by atoms with E-state index in [2.05, 4.69) is 126 Å². The molecule has 43 heavy (non-hydrogen) atoms. The van der Waals surface area contributed by atoms with Crippen LogP contribution in [-0.2, 0) is 0 Å². The number of aromatic nitrogens is 1. The Balaban J connectivity index is 1.27. The van der Waals surface area contributed by atoms with E-state index < -0.39 is 0 Å². The van der Waals surface area contributed by atoms with Crippen molar-refractivity contribution in [1.82, 2.24) is 10.3 Å². The van der Waals surface area contributed by atoms with Crippen molar-refractivity contribution in [2.24, 2.45) is 9.98 Å². The second-order valence-electron chi connectivity index (χ2n) is 11.0. The summed E-state index contributed by atoms with van der Waals surface area (Å²) >= 11 is 0. The maximum absolute atomic E-state index is 6.28. The van der Waals surface area contributed by atoms with Crippen LogP contribution in [-0.4, -0.2) is 16.7 Å². The van der Waals surface area contributed by atoms with E-state index in [9.17, 15) is 0 Å². The zero-order valence-corrected chi connectivity index (χ0v) is 23.0. The van der Waals surface area contributed by atoms with Crippen LogP contribution in [0.3, 0.4) is 0 Å². The Morgan fingerprint density at radius 3 is 2.02 bits per heavy atom. The molecule has 9 rings (SSSR count). The van der Waals surface area contributed by atoms with Gasteiger partial charge in [-0.3, -0.25) is 0 Å². The van der Waals surface area contributed by atoms with Gasteiger partial charge < -0.3 is 9.73 Å². The molecule has 0 radical (unpaired) electrons. The molecule has 1 aliphatic rings. The summed E-state index contributed by atoms with van der Waals surface area (Å²) in [4.78, 5) is 15.0. The van der Waals surface area contributed by atoms with Gasteiger partial charge in [-0.1, -0.05) is 97.1 Å². The summed E-state index contributed by atoms with van der Waals surface area (Å²) in [5, 5.41) is 12.6. The van der Waals surface area contributed by atoms with Crippen molar-refractivity contribution in [2.75, 3.05) is 0 Å². The van der Waals surface area contributed by atoms with Crippen molar-refractivity contribution in [3.8, 4) is 0 Å². The molecule has 0 fully saturated rings. The van der Waals surface area contributed by atoms with Crippen molar-refractivity contribution >= 4 is 66.1 Å². The fourth-order valence-corrected chi connectivity index (χ4v) is 6.17. The van der Waals surface area contributed by atoms with E-state index in [-0.39, 0.29) is 6.17 Å². The molecule has 5 nitrogen and oxygen atoms in total. The number of hydrogen-bond acceptors (Lipinski definition) is 5. The molecule has 0 saturated heterocycles. The van der Waals surface area contributed by atoms with Gasteiger partial charge >= 0.3 is 0 Å². The highest BCUT2D eigenvalue weighted by Gasteiger charge is 2.24. The average Bonchev–Trinajstić information content (AvgIpc) is 3.44. The number of fused-ring (bicyclic) bond motifs is 6. The number of aliphatic imine (C=N–C) groups is 2. The van der Waals surface area contributed by atoms with Crippen LogP contribution in [0.1, 0.15) is 22.9 Å². The largest absolute Gasteiger partial charge is 0.438 e. The standard InChI is InChI=1S/C38H24N4O/c1-3-9-25-19-29(15-13-23(25)7-1)35-40-36(30-16-14-24-8-2-4-10-26(24)20-30)42-37(41-35)31-17-18-39-38-34(31)32-21-27-11-5-6-12-28(27)22-33(32)43-38/h1-22,35H,(H,40,41,42). The molecule has 0 aliphatic carbocycles. The summed E-state index contributed by atoms with van der Waals surface area (Å²) in [6.45, 7) is 0. The predicted molar refractivity (Wildman–Crippen MR) is 176 cm³/mol. The van der Waals surface area contributed by atoms with Crippen molar-refractivity contribution in [1.29, 1.82) is 0 Å². The Hall–Kier alpha value is -5.81. The molecular formula is C38H24N4O. The molecule has 1 unspecified atom stereocenters. The van der Waals surface area contributed by atoms with Gasteiger partial charge in [0.25, 0.3) is 0 Å². The van der Waals surface area contributed by atoms with E-state index in [0.717, 1.165) is 55.0 Å². The van der Waals surface area contributed by atoms with Gasteiger partial charge in [0.1, 0.15) is 17.6 Å². The van der Waals surface area contributed by atoms with Crippen LogP contribution in [0.15, 0.2) is 148 Å². The van der Waals surface area contributed by atoms with E-state index in [0.29, 0.717) is 11.5 Å². The zero-order valence-electron chi connectivity index (χ0n) is 23.0. The van der Waals surface area contributed by atoms with Crippen molar-refractivity contribution < 1.29 is 4.42 Å². The van der Waals surface area contributed by atoms with Gasteiger partial charge in [-0.2, -0.15) is 0 Å². The lowest BCUT2D eigenvalue weighted by molar-refractivity contribution is 0.654. The predicted octanol–water partition coefficient (Wildman–Crippen LogP) is 8.94. The molecule has 0 saturated carbocycles. The molecule has 1 N–H and O–H groups in total. The third-order valence-electron chi connectivity index (χ3n) is 8.34. The number of pyridine rings is 1. The minimum absolute atomic E-state index is 0.333. The Kier molecular flexibility index (Phi) is 5.19. The van der Waals surface area contributed by atoms with Gasteiger partial charge in [-0.25, -0.2) is 15.0 Å². The highest BCUT2D eigenvalue weighted by Crippen LogP contribution is 2.35. The van der Waals surface area contributed by atoms with Crippen LogP contribution >= 0.6 is 0 Å². The molecule has 5 heteroatoms. The molecular weight excluding hydrogens is 528 g/mol. The number of nitrogens with one attached hydrogen (secondary N) is 1. The Morgan fingerprint density at radius 2 is 1.26 bits per heavy atom. The monoisotopic (exact) mass is 552 g/mol. The lowest BCUT2D eigenvalue weighted by Gasteiger charge is -2.24. The topological polar surface area (TPSA) is 62.8 Å². The minimum atomic E-state index is -0.333. The normalized spacial score (nSPS) is 15.2. The number of benzene rings is 6. The molecule has 6 aromatic carbocycles. The third-order valence-corrected chi connectivity index (χ3v) is 8.34. The van der Waals surface area contributed by atoms with E-state index >= 15 is 0 Å². The minimum Gasteiger partial charge on any atom is -0.438 e. The lowest BCUT2D eigenvalue weighted by Crippen LogP contribution is -2.33. The van der Waals surface area contributed by atoms with Crippen molar-refractivity contribution in [3.05, 3.63) is 150 Å². The summed E-state index contributed by atoms with van der Waals surface area (Å²) in [6.07, 6.45) is 1.45. The first kappa shape index (κ1) is 23.9. The van der Waals surface area contributed by atoms with Crippen molar-refractivity contribution in [3.63, 3.8) is 0 Å². The summed E-state index contributed by atoms with van der Waals surface area (Å²) in [5.41, 5.74) is 4.34. The molecule has 1 atom stereocenters.